The number of hydrogen-bond acceptors (Lipinski definition) is 2. The number of halogens is 2. The highest BCUT2D eigenvalue weighted by Crippen LogP contribution is 2.49. The SMILES string of the molecule is CO[C@@H]1CC2CNC[C@]2(c2ccc(Cl)c(Cl)c2)C1. The van der Waals surface area contributed by atoms with E-state index in [1.54, 1.807) is 0 Å². The molecule has 2 fully saturated rings. The van der Waals surface area contributed by atoms with Gasteiger partial charge in [0.1, 0.15) is 0 Å². The van der Waals surface area contributed by atoms with E-state index >= 15 is 0 Å². The summed E-state index contributed by atoms with van der Waals surface area (Å²) >= 11 is 12.2. The zero-order valence-electron chi connectivity index (χ0n) is 10.4. The minimum Gasteiger partial charge on any atom is -0.381 e. The molecule has 1 saturated carbocycles. The minimum absolute atomic E-state index is 0.176. The van der Waals surface area contributed by atoms with Gasteiger partial charge in [0, 0.05) is 19.1 Å². The van der Waals surface area contributed by atoms with E-state index in [4.69, 9.17) is 27.9 Å². The summed E-state index contributed by atoms with van der Waals surface area (Å²) in [4.78, 5) is 0. The van der Waals surface area contributed by atoms with Crippen molar-refractivity contribution in [2.75, 3.05) is 20.2 Å². The Labute approximate surface area is 118 Å². The van der Waals surface area contributed by atoms with Gasteiger partial charge in [0.25, 0.3) is 0 Å². The van der Waals surface area contributed by atoms with Crippen LogP contribution >= 0.6 is 23.2 Å². The molecule has 1 aliphatic heterocycles. The fourth-order valence-electron chi connectivity index (χ4n) is 3.60. The summed E-state index contributed by atoms with van der Waals surface area (Å²) in [6.45, 7) is 2.08. The van der Waals surface area contributed by atoms with Crippen LogP contribution in [0.15, 0.2) is 18.2 Å². The first-order valence-electron chi connectivity index (χ1n) is 6.35. The third kappa shape index (κ3) is 1.87. The van der Waals surface area contributed by atoms with E-state index in [1.807, 2.05) is 19.2 Å². The van der Waals surface area contributed by atoms with Gasteiger partial charge >= 0.3 is 0 Å². The summed E-state index contributed by atoms with van der Waals surface area (Å²) in [7, 11) is 1.81. The molecule has 1 unspecified atom stereocenters. The maximum atomic E-state index is 6.17. The Kier molecular flexibility index (Phi) is 3.31. The van der Waals surface area contributed by atoms with Crippen LogP contribution in [0, 0.1) is 5.92 Å². The molecule has 0 aromatic heterocycles. The lowest BCUT2D eigenvalue weighted by atomic mass is 9.74. The zero-order chi connectivity index (χ0) is 12.8. The molecule has 0 amide bonds. The Bertz CT molecular complexity index is 465. The highest BCUT2D eigenvalue weighted by Gasteiger charge is 2.51. The molecule has 2 nitrogen and oxygen atoms in total. The standard InChI is InChI=1S/C14H17Cl2NO/c1-18-11-4-10-7-17-8-14(10,6-11)9-2-3-12(15)13(16)5-9/h2-3,5,10-11,17H,4,6-8H2,1H3/t10?,11-,14+/m1/s1. The molecule has 0 bridgehead atoms. The molecule has 4 heteroatoms. The number of ether oxygens (including phenoxy) is 1. The highest BCUT2D eigenvalue weighted by atomic mass is 35.5. The van der Waals surface area contributed by atoms with Crippen LogP contribution in [0.1, 0.15) is 18.4 Å². The molecule has 1 saturated heterocycles. The summed E-state index contributed by atoms with van der Waals surface area (Å²) in [6, 6.07) is 6.05. The molecular weight excluding hydrogens is 269 g/mol. The summed E-state index contributed by atoms with van der Waals surface area (Å²) in [6.07, 6.45) is 2.56. The Balaban J connectivity index is 1.99. The van der Waals surface area contributed by atoms with Gasteiger partial charge in [-0.3, -0.25) is 0 Å². The molecule has 0 spiro atoms. The molecule has 2 aliphatic rings. The van der Waals surface area contributed by atoms with Crippen LogP contribution < -0.4 is 5.32 Å². The van der Waals surface area contributed by atoms with Gasteiger partial charge in [-0.2, -0.15) is 0 Å². The lowest BCUT2D eigenvalue weighted by molar-refractivity contribution is 0.100. The van der Waals surface area contributed by atoms with E-state index in [0.717, 1.165) is 25.9 Å². The molecule has 3 atom stereocenters. The number of nitrogens with one attached hydrogen (secondary N) is 1. The first kappa shape index (κ1) is 12.7. The summed E-state index contributed by atoms with van der Waals surface area (Å²) in [5, 5.41) is 4.78. The largest absolute Gasteiger partial charge is 0.381 e. The van der Waals surface area contributed by atoms with Gasteiger partial charge in [0.05, 0.1) is 16.1 Å². The first-order valence-corrected chi connectivity index (χ1v) is 7.10. The summed E-state index contributed by atoms with van der Waals surface area (Å²) < 4.78 is 5.56. The monoisotopic (exact) mass is 285 g/mol. The lowest BCUT2D eigenvalue weighted by Crippen LogP contribution is -2.31. The number of rotatable bonds is 2. The lowest BCUT2D eigenvalue weighted by Gasteiger charge is -2.29. The second kappa shape index (κ2) is 4.68. The van der Waals surface area contributed by atoms with Gasteiger partial charge in [0.15, 0.2) is 0 Å². The molecule has 1 aliphatic carbocycles. The maximum Gasteiger partial charge on any atom is 0.0595 e. The Morgan fingerprint density at radius 1 is 1.33 bits per heavy atom. The van der Waals surface area contributed by atoms with Gasteiger partial charge in [-0.25, -0.2) is 0 Å². The molecule has 98 valence electrons. The third-order valence-electron chi connectivity index (χ3n) is 4.58. The molecule has 0 radical (unpaired) electrons. The van der Waals surface area contributed by atoms with E-state index in [0.29, 0.717) is 22.1 Å². The number of benzene rings is 1. The van der Waals surface area contributed by atoms with Crippen LogP contribution in [-0.2, 0) is 10.2 Å². The Morgan fingerprint density at radius 3 is 2.89 bits per heavy atom. The molecule has 1 heterocycles. The summed E-state index contributed by atoms with van der Waals surface area (Å²) in [5.74, 6) is 0.639. The van der Waals surface area contributed by atoms with Gasteiger partial charge in [0.2, 0.25) is 0 Å². The van der Waals surface area contributed by atoms with Crippen LogP contribution in [0.3, 0.4) is 0 Å². The molecule has 18 heavy (non-hydrogen) atoms. The van der Waals surface area contributed by atoms with Crippen molar-refractivity contribution in [3.8, 4) is 0 Å². The normalized spacial score (nSPS) is 34.8. The van der Waals surface area contributed by atoms with Crippen LogP contribution in [0.25, 0.3) is 0 Å². The van der Waals surface area contributed by atoms with Crippen LogP contribution in [-0.4, -0.2) is 26.3 Å². The maximum absolute atomic E-state index is 6.17. The average Bonchev–Trinajstić information content (AvgIpc) is 2.89. The van der Waals surface area contributed by atoms with Crippen LogP contribution in [0.4, 0.5) is 0 Å². The van der Waals surface area contributed by atoms with Crippen LogP contribution in [0.5, 0.6) is 0 Å². The van der Waals surface area contributed by atoms with Crippen molar-refractivity contribution in [3.63, 3.8) is 0 Å². The van der Waals surface area contributed by atoms with Gasteiger partial charge in [-0.1, -0.05) is 29.3 Å². The number of fused-ring (bicyclic) bond motifs is 1. The molecule has 3 rings (SSSR count). The van der Waals surface area contributed by atoms with Crippen molar-refractivity contribution >= 4 is 23.2 Å². The van der Waals surface area contributed by atoms with Crippen molar-refractivity contribution in [1.82, 2.24) is 5.32 Å². The first-order chi connectivity index (χ1) is 8.65. The van der Waals surface area contributed by atoms with E-state index in [-0.39, 0.29) is 5.41 Å². The van der Waals surface area contributed by atoms with Crippen LogP contribution in [0.2, 0.25) is 10.0 Å². The van der Waals surface area contributed by atoms with Crippen molar-refractivity contribution in [2.24, 2.45) is 5.92 Å². The Hall–Kier alpha value is -0.280. The van der Waals surface area contributed by atoms with Gasteiger partial charge in [-0.15, -0.1) is 0 Å². The highest BCUT2D eigenvalue weighted by molar-refractivity contribution is 6.42. The average molecular weight is 286 g/mol. The number of methoxy groups -OCH3 is 1. The second-order valence-electron chi connectivity index (χ2n) is 5.41. The van der Waals surface area contributed by atoms with Crippen molar-refractivity contribution < 1.29 is 4.74 Å². The van der Waals surface area contributed by atoms with Crippen molar-refractivity contribution in [2.45, 2.75) is 24.4 Å². The van der Waals surface area contributed by atoms with Gasteiger partial charge < -0.3 is 10.1 Å². The quantitative estimate of drug-likeness (QED) is 0.901. The van der Waals surface area contributed by atoms with E-state index < -0.39 is 0 Å². The van der Waals surface area contributed by atoms with Crippen molar-refractivity contribution in [1.29, 1.82) is 0 Å². The smallest absolute Gasteiger partial charge is 0.0595 e. The summed E-state index contributed by atoms with van der Waals surface area (Å²) in [5.41, 5.74) is 1.47. The predicted octanol–water partition coefficient (Wildman–Crippen LogP) is 3.26. The minimum atomic E-state index is 0.176. The second-order valence-corrected chi connectivity index (χ2v) is 6.22. The molecule has 1 aromatic rings. The van der Waals surface area contributed by atoms with E-state index in [2.05, 4.69) is 11.4 Å². The topological polar surface area (TPSA) is 21.3 Å². The molecule has 1 aromatic carbocycles. The molecule has 1 N–H and O–H groups in total. The van der Waals surface area contributed by atoms with E-state index in [9.17, 15) is 0 Å². The van der Waals surface area contributed by atoms with E-state index in [1.165, 1.54) is 5.56 Å². The fraction of sp³-hybridized carbons (Fsp3) is 0.571. The predicted molar refractivity (Wildman–Crippen MR) is 74.5 cm³/mol. The zero-order valence-corrected chi connectivity index (χ0v) is 11.9. The Morgan fingerprint density at radius 2 is 2.17 bits per heavy atom. The number of hydrogen-bond donors (Lipinski definition) is 1. The fourth-order valence-corrected chi connectivity index (χ4v) is 3.90. The van der Waals surface area contributed by atoms with Gasteiger partial charge in [-0.05, 0) is 43.0 Å². The third-order valence-corrected chi connectivity index (χ3v) is 5.32. The molecular formula is C14H17Cl2NO. The van der Waals surface area contributed by atoms with Crippen molar-refractivity contribution in [3.05, 3.63) is 33.8 Å².